The molecule has 0 aliphatic heterocycles. The van der Waals surface area contributed by atoms with Crippen LogP contribution in [0.3, 0.4) is 0 Å². The highest BCUT2D eigenvalue weighted by Crippen LogP contribution is 2.30. The van der Waals surface area contributed by atoms with Crippen LogP contribution in [0.25, 0.3) is 0 Å². The molecule has 158 valence electrons. The summed E-state index contributed by atoms with van der Waals surface area (Å²) in [6.07, 6.45) is 0. The van der Waals surface area contributed by atoms with Crippen molar-refractivity contribution in [1.29, 1.82) is 0 Å². The van der Waals surface area contributed by atoms with Crippen molar-refractivity contribution >= 4 is 11.6 Å². The highest BCUT2D eigenvalue weighted by Gasteiger charge is 2.22. The van der Waals surface area contributed by atoms with Gasteiger partial charge in [-0.15, -0.1) is 0 Å². The zero-order valence-corrected chi connectivity index (χ0v) is 17.4. The molecule has 8 heteroatoms. The first-order valence-electron chi connectivity index (χ1n) is 9.30. The summed E-state index contributed by atoms with van der Waals surface area (Å²) >= 11 is 0. The number of rotatable bonds is 8. The zero-order valence-electron chi connectivity index (χ0n) is 17.4. The van der Waals surface area contributed by atoms with Crippen molar-refractivity contribution < 1.29 is 18.3 Å². The molecule has 0 amide bonds. The van der Waals surface area contributed by atoms with Crippen molar-refractivity contribution in [3.8, 4) is 11.5 Å². The molecular weight excluding hydrogens is 378 g/mol. The lowest BCUT2D eigenvalue weighted by Gasteiger charge is -2.26. The predicted molar refractivity (Wildman–Crippen MR) is 112 cm³/mol. The normalized spacial score (nSPS) is 12.6. The van der Waals surface area contributed by atoms with Crippen molar-refractivity contribution in [2.24, 2.45) is 4.99 Å². The second-order valence-corrected chi connectivity index (χ2v) is 6.49. The van der Waals surface area contributed by atoms with Crippen LogP contribution in [0.2, 0.25) is 0 Å². The Labute approximate surface area is 170 Å². The number of ether oxygens (including phenoxy) is 2. The van der Waals surface area contributed by atoms with E-state index in [9.17, 15) is 8.78 Å². The molecule has 2 rings (SSSR count). The number of halogens is 2. The van der Waals surface area contributed by atoms with Gasteiger partial charge in [-0.1, -0.05) is 6.07 Å². The number of anilines is 1. The summed E-state index contributed by atoms with van der Waals surface area (Å²) in [6.45, 7) is 2.65. The van der Waals surface area contributed by atoms with Gasteiger partial charge in [-0.3, -0.25) is 4.99 Å². The number of hydrogen-bond acceptors (Lipinski definition) is 4. The Morgan fingerprint density at radius 3 is 2.38 bits per heavy atom. The van der Waals surface area contributed by atoms with Crippen LogP contribution < -0.4 is 20.1 Å². The Morgan fingerprint density at radius 1 is 1.14 bits per heavy atom. The SMILES string of the molecule is CCOc1cc(NC(=NC)NCC(c2c(F)cccc2F)N(C)C)ccc1OC. The fourth-order valence-electron chi connectivity index (χ4n) is 2.90. The minimum absolute atomic E-state index is 0.0172. The van der Waals surface area contributed by atoms with Crippen LogP contribution in [0.15, 0.2) is 41.4 Å². The van der Waals surface area contributed by atoms with Gasteiger partial charge < -0.3 is 25.0 Å². The van der Waals surface area contributed by atoms with Gasteiger partial charge >= 0.3 is 0 Å². The van der Waals surface area contributed by atoms with Gasteiger partial charge in [0, 0.05) is 30.9 Å². The minimum Gasteiger partial charge on any atom is -0.493 e. The van der Waals surface area contributed by atoms with E-state index in [1.807, 2.05) is 13.0 Å². The Hall–Kier alpha value is -2.87. The van der Waals surface area contributed by atoms with Crippen molar-refractivity contribution in [3.63, 3.8) is 0 Å². The first kappa shape index (κ1) is 22.4. The molecule has 2 N–H and O–H groups in total. The van der Waals surface area contributed by atoms with Crippen LogP contribution in [-0.2, 0) is 0 Å². The van der Waals surface area contributed by atoms with Gasteiger partial charge in [0.25, 0.3) is 0 Å². The maximum Gasteiger partial charge on any atom is 0.195 e. The van der Waals surface area contributed by atoms with Crippen LogP contribution in [0.4, 0.5) is 14.5 Å². The van der Waals surface area contributed by atoms with E-state index in [0.29, 0.717) is 24.1 Å². The monoisotopic (exact) mass is 406 g/mol. The van der Waals surface area contributed by atoms with Crippen molar-refractivity contribution in [2.75, 3.05) is 46.7 Å². The summed E-state index contributed by atoms with van der Waals surface area (Å²) in [6, 6.07) is 8.77. The molecule has 0 aromatic heterocycles. The third-order valence-electron chi connectivity index (χ3n) is 4.37. The summed E-state index contributed by atoms with van der Waals surface area (Å²) in [7, 11) is 6.74. The first-order valence-corrected chi connectivity index (χ1v) is 9.30. The average Bonchev–Trinajstić information content (AvgIpc) is 2.69. The largest absolute Gasteiger partial charge is 0.493 e. The molecule has 0 spiro atoms. The lowest BCUT2D eigenvalue weighted by atomic mass is 10.0. The van der Waals surface area contributed by atoms with E-state index < -0.39 is 17.7 Å². The second kappa shape index (κ2) is 10.6. The van der Waals surface area contributed by atoms with Crippen LogP contribution in [-0.4, -0.2) is 52.3 Å². The second-order valence-electron chi connectivity index (χ2n) is 6.49. The Bertz CT molecular complexity index is 823. The van der Waals surface area contributed by atoms with Crippen LogP contribution >= 0.6 is 0 Å². The number of guanidine groups is 1. The molecule has 0 saturated carbocycles. The molecule has 0 bridgehead atoms. The van der Waals surface area contributed by atoms with E-state index in [4.69, 9.17) is 9.47 Å². The van der Waals surface area contributed by atoms with Gasteiger partial charge in [0.05, 0.1) is 19.8 Å². The standard InChI is InChI=1S/C21H28F2N4O2/c1-6-29-19-12-14(10-11-18(19)28-5)26-21(24-2)25-13-17(27(3)4)20-15(22)8-7-9-16(20)23/h7-12,17H,6,13H2,1-5H3,(H2,24,25,26). The quantitative estimate of drug-likeness (QED) is 0.518. The van der Waals surface area contributed by atoms with Gasteiger partial charge in [0.2, 0.25) is 0 Å². The summed E-state index contributed by atoms with van der Waals surface area (Å²) < 4.78 is 39.3. The maximum atomic E-state index is 14.2. The van der Waals surface area contributed by atoms with E-state index in [-0.39, 0.29) is 12.1 Å². The Balaban J connectivity index is 2.14. The van der Waals surface area contributed by atoms with Crippen molar-refractivity contribution in [2.45, 2.75) is 13.0 Å². The average molecular weight is 406 g/mol. The Kier molecular flexibility index (Phi) is 8.21. The smallest absolute Gasteiger partial charge is 0.195 e. The predicted octanol–water partition coefficient (Wildman–Crippen LogP) is 3.66. The molecule has 29 heavy (non-hydrogen) atoms. The molecule has 2 aromatic rings. The molecule has 0 aliphatic rings. The molecule has 0 fully saturated rings. The Morgan fingerprint density at radius 2 is 1.83 bits per heavy atom. The van der Waals surface area contributed by atoms with E-state index in [1.165, 1.54) is 18.2 Å². The molecule has 1 unspecified atom stereocenters. The number of hydrogen-bond donors (Lipinski definition) is 2. The van der Waals surface area contributed by atoms with Gasteiger partial charge in [-0.2, -0.15) is 0 Å². The number of aliphatic imine (C=N–C) groups is 1. The lowest BCUT2D eigenvalue weighted by Crippen LogP contribution is -2.38. The number of benzene rings is 2. The van der Waals surface area contributed by atoms with Gasteiger partial charge in [0.15, 0.2) is 17.5 Å². The van der Waals surface area contributed by atoms with Crippen molar-refractivity contribution in [1.82, 2.24) is 10.2 Å². The fourth-order valence-corrected chi connectivity index (χ4v) is 2.90. The molecule has 0 saturated heterocycles. The van der Waals surface area contributed by atoms with E-state index >= 15 is 0 Å². The van der Waals surface area contributed by atoms with Gasteiger partial charge in [-0.25, -0.2) is 8.78 Å². The zero-order chi connectivity index (χ0) is 21.4. The van der Waals surface area contributed by atoms with E-state index in [2.05, 4.69) is 15.6 Å². The summed E-state index contributed by atoms with van der Waals surface area (Å²) in [5.41, 5.74) is 0.754. The van der Waals surface area contributed by atoms with Gasteiger partial charge in [0.1, 0.15) is 11.6 Å². The maximum absolute atomic E-state index is 14.2. The number of likely N-dealkylation sites (N-methyl/N-ethyl adjacent to an activating group) is 1. The lowest BCUT2D eigenvalue weighted by molar-refractivity contribution is 0.283. The van der Waals surface area contributed by atoms with Crippen molar-refractivity contribution in [3.05, 3.63) is 53.6 Å². The molecule has 1 atom stereocenters. The van der Waals surface area contributed by atoms with E-state index in [1.54, 1.807) is 45.3 Å². The third kappa shape index (κ3) is 5.80. The van der Waals surface area contributed by atoms with Crippen LogP contribution in [0.5, 0.6) is 11.5 Å². The van der Waals surface area contributed by atoms with Crippen LogP contribution in [0.1, 0.15) is 18.5 Å². The van der Waals surface area contributed by atoms with E-state index in [0.717, 1.165) is 5.69 Å². The summed E-state index contributed by atoms with van der Waals surface area (Å²) in [4.78, 5) is 5.94. The van der Waals surface area contributed by atoms with Gasteiger partial charge in [-0.05, 0) is 45.3 Å². The molecular formula is C21H28F2N4O2. The molecule has 0 aliphatic carbocycles. The fraction of sp³-hybridized carbons (Fsp3) is 0.381. The molecule has 2 aromatic carbocycles. The first-order chi connectivity index (χ1) is 13.9. The molecule has 6 nitrogen and oxygen atoms in total. The highest BCUT2D eigenvalue weighted by atomic mass is 19.1. The summed E-state index contributed by atoms with van der Waals surface area (Å²) in [5.74, 6) is 0.536. The highest BCUT2D eigenvalue weighted by molar-refractivity contribution is 5.93. The summed E-state index contributed by atoms with van der Waals surface area (Å²) in [5, 5.41) is 6.28. The number of nitrogens with one attached hydrogen (secondary N) is 2. The topological polar surface area (TPSA) is 58.1 Å². The number of nitrogens with zero attached hydrogens (tertiary/aromatic N) is 2. The molecule has 0 radical (unpaired) electrons. The van der Waals surface area contributed by atoms with Crippen LogP contribution in [0, 0.1) is 11.6 Å². The molecule has 0 heterocycles. The third-order valence-corrected chi connectivity index (χ3v) is 4.37. The number of methoxy groups -OCH3 is 1. The minimum atomic E-state index is -0.579.